The zero-order chi connectivity index (χ0) is 12.8. The predicted molar refractivity (Wildman–Crippen MR) is 74.1 cm³/mol. The molecule has 94 valence electrons. The highest BCUT2D eigenvalue weighted by Crippen LogP contribution is 2.18. The lowest BCUT2D eigenvalue weighted by Gasteiger charge is -2.10. The van der Waals surface area contributed by atoms with Gasteiger partial charge in [0.2, 0.25) is 0 Å². The zero-order valence-corrected chi connectivity index (χ0v) is 11.8. The van der Waals surface area contributed by atoms with E-state index in [1.165, 1.54) is 0 Å². The van der Waals surface area contributed by atoms with Gasteiger partial charge in [0.25, 0.3) is 5.91 Å². The Morgan fingerprint density at radius 2 is 2.18 bits per heavy atom. The van der Waals surface area contributed by atoms with Crippen molar-refractivity contribution in [3.63, 3.8) is 0 Å². The van der Waals surface area contributed by atoms with Crippen molar-refractivity contribution in [3.05, 3.63) is 28.2 Å². The second kappa shape index (κ2) is 6.61. The fourth-order valence-electron chi connectivity index (χ4n) is 1.42. The van der Waals surface area contributed by atoms with Crippen LogP contribution >= 0.6 is 15.9 Å². The summed E-state index contributed by atoms with van der Waals surface area (Å²) in [6.45, 7) is 1.61. The summed E-state index contributed by atoms with van der Waals surface area (Å²) >= 11 is 3.32. The summed E-state index contributed by atoms with van der Waals surface area (Å²) in [7, 11) is 4.02. The summed E-state index contributed by atoms with van der Waals surface area (Å²) in [5.41, 5.74) is 6.77. The first kappa shape index (κ1) is 14.0. The Morgan fingerprint density at radius 3 is 2.82 bits per heavy atom. The molecule has 0 radical (unpaired) electrons. The lowest BCUT2D eigenvalue weighted by atomic mass is 10.1. The molecule has 5 heteroatoms. The molecule has 1 aromatic carbocycles. The van der Waals surface area contributed by atoms with E-state index in [0.29, 0.717) is 17.8 Å². The number of nitrogens with two attached hydrogens (primary N) is 1. The van der Waals surface area contributed by atoms with E-state index < -0.39 is 0 Å². The van der Waals surface area contributed by atoms with Crippen molar-refractivity contribution in [2.24, 2.45) is 0 Å². The largest absolute Gasteiger partial charge is 0.398 e. The van der Waals surface area contributed by atoms with Crippen LogP contribution in [0, 0.1) is 0 Å². The van der Waals surface area contributed by atoms with Gasteiger partial charge in [0.1, 0.15) is 0 Å². The normalized spacial score (nSPS) is 10.6. The smallest absolute Gasteiger partial charge is 0.253 e. The number of carbonyl (C=O) groups is 1. The molecule has 0 aliphatic heterocycles. The van der Waals surface area contributed by atoms with E-state index >= 15 is 0 Å². The molecular formula is C12H18BrN3O. The number of hydrogen-bond donors (Lipinski definition) is 2. The molecule has 0 aliphatic carbocycles. The molecule has 3 N–H and O–H groups in total. The topological polar surface area (TPSA) is 58.4 Å². The van der Waals surface area contributed by atoms with Crippen molar-refractivity contribution < 1.29 is 4.79 Å². The number of nitrogens with one attached hydrogen (secondary N) is 1. The summed E-state index contributed by atoms with van der Waals surface area (Å²) in [6.07, 6.45) is 0.923. The van der Waals surface area contributed by atoms with Gasteiger partial charge in [0.05, 0.1) is 5.56 Å². The highest BCUT2D eigenvalue weighted by atomic mass is 79.9. The molecule has 0 aliphatic rings. The standard InChI is InChI=1S/C12H18BrN3O/c1-16(2)7-3-6-15-12(17)10-8-9(13)4-5-11(10)14/h4-5,8H,3,6-7,14H2,1-2H3,(H,15,17). The van der Waals surface area contributed by atoms with E-state index in [9.17, 15) is 4.79 Å². The minimum absolute atomic E-state index is 0.123. The predicted octanol–water partition coefficient (Wildman–Crippen LogP) is 1.71. The Bertz CT molecular complexity index is 393. The first-order valence-corrected chi connectivity index (χ1v) is 6.28. The monoisotopic (exact) mass is 299 g/mol. The number of amides is 1. The zero-order valence-electron chi connectivity index (χ0n) is 10.2. The Kier molecular flexibility index (Phi) is 5.44. The van der Waals surface area contributed by atoms with Crippen molar-refractivity contribution in [1.82, 2.24) is 10.2 Å². The molecule has 0 heterocycles. The quantitative estimate of drug-likeness (QED) is 0.643. The van der Waals surface area contributed by atoms with Crippen molar-refractivity contribution >= 4 is 27.5 Å². The van der Waals surface area contributed by atoms with Crippen LogP contribution in [-0.4, -0.2) is 38.0 Å². The minimum atomic E-state index is -0.123. The summed E-state index contributed by atoms with van der Waals surface area (Å²) < 4.78 is 0.852. The average molecular weight is 300 g/mol. The molecule has 17 heavy (non-hydrogen) atoms. The molecule has 0 unspecified atom stereocenters. The molecular weight excluding hydrogens is 282 g/mol. The highest BCUT2D eigenvalue weighted by Gasteiger charge is 2.09. The molecule has 0 spiro atoms. The van der Waals surface area contributed by atoms with Gasteiger partial charge in [-0.15, -0.1) is 0 Å². The number of nitrogen functional groups attached to an aromatic ring is 1. The van der Waals surface area contributed by atoms with Crippen molar-refractivity contribution in [1.29, 1.82) is 0 Å². The lowest BCUT2D eigenvalue weighted by molar-refractivity contribution is 0.0953. The van der Waals surface area contributed by atoms with E-state index in [-0.39, 0.29) is 5.91 Å². The SMILES string of the molecule is CN(C)CCCNC(=O)c1cc(Br)ccc1N. The Morgan fingerprint density at radius 1 is 1.47 bits per heavy atom. The van der Waals surface area contributed by atoms with E-state index in [0.717, 1.165) is 17.4 Å². The van der Waals surface area contributed by atoms with Gasteiger partial charge in [0.15, 0.2) is 0 Å². The number of rotatable bonds is 5. The van der Waals surface area contributed by atoms with Crippen LogP contribution in [0.25, 0.3) is 0 Å². The number of carbonyl (C=O) groups excluding carboxylic acids is 1. The number of benzene rings is 1. The van der Waals surface area contributed by atoms with Crippen LogP contribution in [0.3, 0.4) is 0 Å². The van der Waals surface area contributed by atoms with Crippen LogP contribution in [0.4, 0.5) is 5.69 Å². The van der Waals surface area contributed by atoms with Gasteiger partial charge in [-0.2, -0.15) is 0 Å². The Labute approximate surface area is 110 Å². The van der Waals surface area contributed by atoms with Gasteiger partial charge in [-0.25, -0.2) is 0 Å². The highest BCUT2D eigenvalue weighted by molar-refractivity contribution is 9.10. The van der Waals surface area contributed by atoms with Gasteiger partial charge in [-0.1, -0.05) is 15.9 Å². The van der Waals surface area contributed by atoms with E-state index in [1.54, 1.807) is 12.1 Å². The fourth-order valence-corrected chi connectivity index (χ4v) is 1.78. The molecule has 0 saturated heterocycles. The summed E-state index contributed by atoms with van der Waals surface area (Å²) in [5.74, 6) is -0.123. The molecule has 0 aromatic heterocycles. The summed E-state index contributed by atoms with van der Waals surface area (Å²) in [4.78, 5) is 13.9. The second-order valence-electron chi connectivity index (χ2n) is 4.14. The summed E-state index contributed by atoms with van der Waals surface area (Å²) in [6, 6.07) is 5.27. The molecule has 0 fully saturated rings. The average Bonchev–Trinajstić information content (AvgIpc) is 2.27. The first-order chi connectivity index (χ1) is 8.00. The van der Waals surface area contributed by atoms with Gasteiger partial charge in [0, 0.05) is 16.7 Å². The second-order valence-corrected chi connectivity index (χ2v) is 5.06. The maximum absolute atomic E-state index is 11.8. The van der Waals surface area contributed by atoms with Gasteiger partial charge < -0.3 is 16.0 Å². The number of nitrogens with zero attached hydrogens (tertiary/aromatic N) is 1. The third-order valence-corrected chi connectivity index (χ3v) is 2.82. The number of hydrogen-bond acceptors (Lipinski definition) is 3. The van der Waals surface area contributed by atoms with Crippen LogP contribution in [0.2, 0.25) is 0 Å². The molecule has 0 atom stereocenters. The van der Waals surface area contributed by atoms with E-state index in [4.69, 9.17) is 5.73 Å². The maximum atomic E-state index is 11.8. The van der Waals surface area contributed by atoms with Crippen molar-refractivity contribution in [2.75, 3.05) is 32.9 Å². The van der Waals surface area contributed by atoms with E-state index in [2.05, 4.69) is 26.1 Å². The maximum Gasteiger partial charge on any atom is 0.253 e. The fraction of sp³-hybridized carbons (Fsp3) is 0.417. The first-order valence-electron chi connectivity index (χ1n) is 5.48. The van der Waals surface area contributed by atoms with Crippen molar-refractivity contribution in [2.45, 2.75) is 6.42 Å². The van der Waals surface area contributed by atoms with Crippen LogP contribution in [0.5, 0.6) is 0 Å². The van der Waals surface area contributed by atoms with Gasteiger partial charge in [-0.3, -0.25) is 4.79 Å². The Hall–Kier alpha value is -1.07. The van der Waals surface area contributed by atoms with Crippen molar-refractivity contribution in [3.8, 4) is 0 Å². The lowest BCUT2D eigenvalue weighted by Crippen LogP contribution is -2.27. The Balaban J connectivity index is 2.49. The number of halogens is 1. The number of anilines is 1. The molecule has 1 aromatic rings. The molecule has 4 nitrogen and oxygen atoms in total. The van der Waals surface area contributed by atoms with Crippen LogP contribution in [-0.2, 0) is 0 Å². The third-order valence-electron chi connectivity index (χ3n) is 2.33. The van der Waals surface area contributed by atoms with Crippen LogP contribution in [0.15, 0.2) is 22.7 Å². The molecule has 1 rings (SSSR count). The van der Waals surface area contributed by atoms with Gasteiger partial charge in [-0.05, 0) is 45.3 Å². The van der Waals surface area contributed by atoms with Crippen LogP contribution in [0.1, 0.15) is 16.8 Å². The minimum Gasteiger partial charge on any atom is -0.398 e. The van der Waals surface area contributed by atoms with Gasteiger partial charge >= 0.3 is 0 Å². The molecule has 0 bridgehead atoms. The van der Waals surface area contributed by atoms with E-state index in [1.807, 2.05) is 20.2 Å². The molecule has 1 amide bonds. The molecule has 0 saturated carbocycles. The summed E-state index contributed by atoms with van der Waals surface area (Å²) in [5, 5.41) is 2.86. The van der Waals surface area contributed by atoms with Crippen LogP contribution < -0.4 is 11.1 Å². The third kappa shape index (κ3) is 4.75.